The lowest BCUT2D eigenvalue weighted by Gasteiger charge is -2.19. The number of aromatic nitrogens is 4. The summed E-state index contributed by atoms with van der Waals surface area (Å²) in [5.74, 6) is -0.227. The number of hydrogen-bond donors (Lipinski definition) is 1. The van der Waals surface area contributed by atoms with E-state index in [2.05, 4.69) is 20.8 Å². The van der Waals surface area contributed by atoms with Crippen molar-refractivity contribution >= 4 is 15.7 Å². The van der Waals surface area contributed by atoms with E-state index in [0.717, 1.165) is 5.56 Å². The maximum absolute atomic E-state index is 12.6. The Bertz CT molecular complexity index is 745. The van der Waals surface area contributed by atoms with E-state index in [4.69, 9.17) is 0 Å². The van der Waals surface area contributed by atoms with Crippen LogP contribution in [0, 0.1) is 0 Å². The van der Waals surface area contributed by atoms with Gasteiger partial charge < -0.3 is 5.32 Å². The van der Waals surface area contributed by atoms with Gasteiger partial charge in [-0.3, -0.25) is 4.79 Å². The Balaban J connectivity index is 1.82. The predicted octanol–water partition coefficient (Wildman–Crippen LogP) is -0.434. The number of carbonyl (C=O) groups excluding carboxylic acids is 1. The number of nitrogens with zero attached hydrogens (tertiary/aromatic N) is 4. The fourth-order valence-corrected chi connectivity index (χ4v) is 4.21. The Morgan fingerprint density at radius 2 is 2.09 bits per heavy atom. The average Bonchev–Trinajstić information content (AvgIpc) is 3.10. The molecular weight excluding hydrogens is 306 g/mol. The fourth-order valence-electron chi connectivity index (χ4n) is 2.54. The third kappa shape index (κ3) is 3.14. The second-order valence-electron chi connectivity index (χ2n) is 5.21. The summed E-state index contributed by atoms with van der Waals surface area (Å²) in [4.78, 5) is 12.6. The van der Waals surface area contributed by atoms with Crippen molar-refractivity contribution in [1.29, 1.82) is 0 Å². The molecule has 2 heterocycles. The second-order valence-corrected chi connectivity index (χ2v) is 7.44. The molecule has 1 saturated heterocycles. The van der Waals surface area contributed by atoms with Crippen LogP contribution in [0.1, 0.15) is 18.0 Å². The smallest absolute Gasteiger partial charge is 0.249 e. The molecule has 116 valence electrons. The molecule has 1 aromatic carbocycles. The highest BCUT2D eigenvalue weighted by Crippen LogP contribution is 2.19. The Kier molecular flexibility index (Phi) is 3.88. The molecule has 8 nitrogen and oxygen atoms in total. The van der Waals surface area contributed by atoms with Crippen LogP contribution in [-0.4, -0.2) is 52.1 Å². The molecule has 3 rings (SSSR count). The number of rotatable bonds is 4. The van der Waals surface area contributed by atoms with Crippen molar-refractivity contribution in [2.75, 3.05) is 11.5 Å². The van der Waals surface area contributed by atoms with Crippen LogP contribution < -0.4 is 5.32 Å². The van der Waals surface area contributed by atoms with Crippen molar-refractivity contribution in [2.24, 2.45) is 0 Å². The van der Waals surface area contributed by atoms with Crippen LogP contribution in [0.3, 0.4) is 0 Å². The van der Waals surface area contributed by atoms with Crippen LogP contribution >= 0.6 is 0 Å². The lowest BCUT2D eigenvalue weighted by atomic mass is 10.1. The van der Waals surface area contributed by atoms with E-state index in [1.54, 1.807) is 12.1 Å². The van der Waals surface area contributed by atoms with E-state index < -0.39 is 15.9 Å². The zero-order valence-corrected chi connectivity index (χ0v) is 12.5. The van der Waals surface area contributed by atoms with E-state index in [-0.39, 0.29) is 23.5 Å². The summed E-state index contributed by atoms with van der Waals surface area (Å²) in [6, 6.07) is 8.01. The fraction of sp³-hybridized carbons (Fsp3) is 0.385. The SMILES string of the molecule is O=C(N[C@H]1CCS(=O)(=O)C1)[C@@H](c1ccccc1)n1cnnn1. The summed E-state index contributed by atoms with van der Waals surface area (Å²) in [6.45, 7) is 0. The number of carbonyl (C=O) groups is 1. The average molecular weight is 321 g/mol. The van der Waals surface area contributed by atoms with Gasteiger partial charge in [-0.05, 0) is 22.4 Å². The van der Waals surface area contributed by atoms with Crippen LogP contribution in [0.4, 0.5) is 0 Å². The number of sulfone groups is 1. The summed E-state index contributed by atoms with van der Waals surface area (Å²) in [7, 11) is -3.05. The van der Waals surface area contributed by atoms with Crippen LogP contribution in [0.25, 0.3) is 0 Å². The highest BCUT2D eigenvalue weighted by Gasteiger charge is 2.32. The summed E-state index contributed by atoms with van der Waals surface area (Å²) in [5.41, 5.74) is 0.730. The molecule has 0 spiro atoms. The topological polar surface area (TPSA) is 107 Å². The maximum Gasteiger partial charge on any atom is 0.249 e. The van der Waals surface area contributed by atoms with E-state index in [9.17, 15) is 13.2 Å². The van der Waals surface area contributed by atoms with Crippen LogP contribution in [0.2, 0.25) is 0 Å². The van der Waals surface area contributed by atoms with Gasteiger partial charge in [0.25, 0.3) is 0 Å². The minimum absolute atomic E-state index is 0.0180. The zero-order chi connectivity index (χ0) is 15.6. The van der Waals surface area contributed by atoms with Crippen LogP contribution in [0.5, 0.6) is 0 Å². The standard InChI is InChI=1S/C13H15N5O3S/c19-13(15-11-6-7-22(20,21)8-11)12(18-9-14-16-17-18)10-4-2-1-3-5-10/h1-5,9,11-12H,6-8H2,(H,15,19)/t11-,12+/m0/s1. The van der Waals surface area contributed by atoms with Crippen molar-refractivity contribution in [1.82, 2.24) is 25.5 Å². The maximum atomic E-state index is 12.6. The zero-order valence-electron chi connectivity index (χ0n) is 11.7. The first kappa shape index (κ1) is 14.6. The third-order valence-corrected chi connectivity index (χ3v) is 5.34. The number of tetrazole rings is 1. The van der Waals surface area contributed by atoms with E-state index >= 15 is 0 Å². The highest BCUT2D eigenvalue weighted by molar-refractivity contribution is 7.91. The number of nitrogens with one attached hydrogen (secondary N) is 1. The van der Waals surface area contributed by atoms with Crippen molar-refractivity contribution in [3.05, 3.63) is 42.2 Å². The molecule has 0 saturated carbocycles. The lowest BCUT2D eigenvalue weighted by Crippen LogP contribution is -2.41. The van der Waals surface area contributed by atoms with Crippen molar-refractivity contribution in [3.63, 3.8) is 0 Å². The Hall–Kier alpha value is -2.29. The molecule has 22 heavy (non-hydrogen) atoms. The predicted molar refractivity (Wildman–Crippen MR) is 77.6 cm³/mol. The molecule has 0 radical (unpaired) electrons. The van der Waals surface area contributed by atoms with Gasteiger partial charge in [0, 0.05) is 6.04 Å². The van der Waals surface area contributed by atoms with E-state index in [1.807, 2.05) is 18.2 Å². The van der Waals surface area contributed by atoms with Crippen molar-refractivity contribution in [3.8, 4) is 0 Å². The first-order valence-corrected chi connectivity index (χ1v) is 8.65. The Morgan fingerprint density at radius 1 is 1.32 bits per heavy atom. The van der Waals surface area contributed by atoms with Gasteiger partial charge in [0.05, 0.1) is 11.5 Å². The normalized spacial score (nSPS) is 21.4. The molecule has 0 bridgehead atoms. The number of amides is 1. The Labute approximate surface area is 127 Å². The van der Waals surface area contributed by atoms with Crippen LogP contribution in [0.15, 0.2) is 36.7 Å². The van der Waals surface area contributed by atoms with E-state index in [1.165, 1.54) is 11.0 Å². The van der Waals surface area contributed by atoms with Gasteiger partial charge in [0.1, 0.15) is 6.33 Å². The molecule has 1 N–H and O–H groups in total. The van der Waals surface area contributed by atoms with Gasteiger partial charge in [0.2, 0.25) is 5.91 Å². The molecule has 1 aromatic heterocycles. The number of benzene rings is 1. The molecule has 1 aliphatic rings. The summed E-state index contributed by atoms with van der Waals surface area (Å²) >= 11 is 0. The van der Waals surface area contributed by atoms with Gasteiger partial charge in [-0.2, -0.15) is 0 Å². The van der Waals surface area contributed by atoms with Gasteiger partial charge >= 0.3 is 0 Å². The molecule has 1 fully saturated rings. The van der Waals surface area contributed by atoms with Gasteiger partial charge in [0.15, 0.2) is 15.9 Å². The van der Waals surface area contributed by atoms with Gasteiger partial charge in [-0.25, -0.2) is 13.1 Å². The minimum Gasteiger partial charge on any atom is -0.350 e. The van der Waals surface area contributed by atoms with E-state index in [0.29, 0.717) is 6.42 Å². The van der Waals surface area contributed by atoms with Crippen LogP contribution in [-0.2, 0) is 14.6 Å². The highest BCUT2D eigenvalue weighted by atomic mass is 32.2. The molecule has 0 aliphatic carbocycles. The third-order valence-electron chi connectivity index (χ3n) is 3.57. The molecule has 2 aromatic rings. The molecule has 0 unspecified atom stereocenters. The first-order valence-electron chi connectivity index (χ1n) is 6.83. The van der Waals surface area contributed by atoms with Crippen molar-refractivity contribution < 1.29 is 13.2 Å². The monoisotopic (exact) mass is 321 g/mol. The molecule has 2 atom stereocenters. The summed E-state index contributed by atoms with van der Waals surface area (Å²) in [5, 5.41) is 13.7. The summed E-state index contributed by atoms with van der Waals surface area (Å²) < 4.78 is 24.4. The number of hydrogen-bond acceptors (Lipinski definition) is 6. The minimum atomic E-state index is -3.05. The molecule has 1 amide bonds. The molecule has 9 heteroatoms. The van der Waals surface area contributed by atoms with Crippen molar-refractivity contribution in [2.45, 2.75) is 18.5 Å². The first-order chi connectivity index (χ1) is 10.6. The van der Waals surface area contributed by atoms with Gasteiger partial charge in [-0.15, -0.1) is 5.10 Å². The lowest BCUT2D eigenvalue weighted by molar-refractivity contribution is -0.124. The summed E-state index contributed by atoms with van der Waals surface area (Å²) in [6.07, 6.45) is 1.80. The largest absolute Gasteiger partial charge is 0.350 e. The van der Waals surface area contributed by atoms with Gasteiger partial charge in [-0.1, -0.05) is 30.3 Å². The second kappa shape index (κ2) is 5.84. The quantitative estimate of drug-likeness (QED) is 0.818. The molecule has 1 aliphatic heterocycles. The Morgan fingerprint density at radius 3 is 2.68 bits per heavy atom. The molecular formula is C13H15N5O3S.